The fraction of sp³-hybridized carbons (Fsp3) is 0.267. The maximum atomic E-state index is 12.2. The zero-order valence-electron chi connectivity index (χ0n) is 11.8. The molecule has 2 heterocycles. The molecule has 1 amide bonds. The van der Waals surface area contributed by atoms with Crippen molar-refractivity contribution in [1.82, 2.24) is 9.97 Å². The summed E-state index contributed by atoms with van der Waals surface area (Å²) >= 11 is 0. The van der Waals surface area contributed by atoms with E-state index in [4.69, 9.17) is 0 Å². The highest BCUT2D eigenvalue weighted by molar-refractivity contribution is 6.04. The lowest BCUT2D eigenvalue weighted by molar-refractivity contribution is 0.102. The Labute approximate surface area is 117 Å². The first-order chi connectivity index (χ1) is 9.51. The van der Waals surface area contributed by atoms with Crippen LogP contribution in [0.25, 0.3) is 0 Å². The highest BCUT2D eigenvalue weighted by Crippen LogP contribution is 2.10. The molecule has 0 saturated carbocycles. The van der Waals surface area contributed by atoms with Crippen molar-refractivity contribution in [3.63, 3.8) is 0 Å². The molecule has 2 aromatic heterocycles. The summed E-state index contributed by atoms with van der Waals surface area (Å²) in [6.07, 6.45) is 2.50. The fourth-order valence-corrected chi connectivity index (χ4v) is 2.08. The first kappa shape index (κ1) is 14.0. The molecular formula is C15H17N3O2. The lowest BCUT2D eigenvalue weighted by atomic mass is 10.1. The number of nitrogens with one attached hydrogen (secondary N) is 2. The van der Waals surface area contributed by atoms with Crippen LogP contribution in [0.1, 0.15) is 34.1 Å². The summed E-state index contributed by atoms with van der Waals surface area (Å²) in [5.74, 6) is 0.0122. The Balaban J connectivity index is 2.31. The third kappa shape index (κ3) is 2.93. The van der Waals surface area contributed by atoms with Gasteiger partial charge in [0.05, 0.1) is 0 Å². The van der Waals surface area contributed by atoms with E-state index >= 15 is 0 Å². The monoisotopic (exact) mass is 271 g/mol. The first-order valence-electron chi connectivity index (χ1n) is 6.48. The van der Waals surface area contributed by atoms with Gasteiger partial charge in [0, 0.05) is 11.9 Å². The predicted octanol–water partition coefficient (Wildman–Crippen LogP) is 2.20. The maximum absolute atomic E-state index is 12.2. The average molecular weight is 271 g/mol. The van der Waals surface area contributed by atoms with Gasteiger partial charge in [0.25, 0.3) is 11.5 Å². The smallest absolute Gasteiger partial charge is 0.262 e. The molecule has 0 aliphatic rings. The number of carbonyl (C=O) groups is 1. The van der Waals surface area contributed by atoms with Crippen LogP contribution < -0.4 is 10.9 Å². The summed E-state index contributed by atoms with van der Waals surface area (Å²) < 4.78 is 0. The van der Waals surface area contributed by atoms with Crippen molar-refractivity contribution < 1.29 is 4.79 Å². The van der Waals surface area contributed by atoms with E-state index in [1.165, 1.54) is 0 Å². The average Bonchev–Trinajstić information content (AvgIpc) is 2.37. The highest BCUT2D eigenvalue weighted by Gasteiger charge is 2.15. The van der Waals surface area contributed by atoms with Gasteiger partial charge in [-0.25, -0.2) is 4.98 Å². The molecule has 0 bridgehead atoms. The van der Waals surface area contributed by atoms with E-state index in [1.807, 2.05) is 13.0 Å². The number of rotatable bonds is 3. The van der Waals surface area contributed by atoms with Crippen LogP contribution in [0.3, 0.4) is 0 Å². The molecule has 2 N–H and O–H groups in total. The van der Waals surface area contributed by atoms with Crippen molar-refractivity contribution >= 4 is 11.7 Å². The number of hydrogen-bond donors (Lipinski definition) is 2. The second-order valence-corrected chi connectivity index (χ2v) is 4.70. The largest absolute Gasteiger partial charge is 0.326 e. The maximum Gasteiger partial charge on any atom is 0.262 e. The Morgan fingerprint density at radius 1 is 1.35 bits per heavy atom. The van der Waals surface area contributed by atoms with E-state index in [0.29, 0.717) is 11.4 Å². The highest BCUT2D eigenvalue weighted by atomic mass is 16.2. The molecule has 20 heavy (non-hydrogen) atoms. The molecule has 5 nitrogen and oxygen atoms in total. The third-order valence-electron chi connectivity index (χ3n) is 3.07. The lowest BCUT2D eigenvalue weighted by Crippen LogP contribution is -2.25. The number of amides is 1. The summed E-state index contributed by atoms with van der Waals surface area (Å²) in [6, 6.07) is 5.46. The number of carbonyl (C=O) groups excluding carboxylic acids is 1. The number of hydrogen-bond acceptors (Lipinski definition) is 3. The minimum Gasteiger partial charge on any atom is -0.326 e. The molecule has 0 fully saturated rings. The Morgan fingerprint density at radius 2 is 2.10 bits per heavy atom. The van der Waals surface area contributed by atoms with E-state index < -0.39 is 5.91 Å². The van der Waals surface area contributed by atoms with Crippen LogP contribution in [0.5, 0.6) is 0 Å². The molecule has 104 valence electrons. The Bertz CT molecular complexity index is 705. The van der Waals surface area contributed by atoms with Gasteiger partial charge in [0.15, 0.2) is 0 Å². The topological polar surface area (TPSA) is 74.8 Å². The van der Waals surface area contributed by atoms with E-state index in [2.05, 4.69) is 15.3 Å². The minimum atomic E-state index is -0.440. The molecule has 0 atom stereocenters. The number of H-pyrrole nitrogens is 1. The van der Waals surface area contributed by atoms with Crippen LogP contribution in [0.2, 0.25) is 0 Å². The molecule has 0 saturated heterocycles. The van der Waals surface area contributed by atoms with E-state index in [-0.39, 0.29) is 11.1 Å². The van der Waals surface area contributed by atoms with Crippen molar-refractivity contribution in [2.45, 2.75) is 27.2 Å². The van der Waals surface area contributed by atoms with Gasteiger partial charge in [-0.15, -0.1) is 0 Å². The second kappa shape index (κ2) is 5.69. The number of anilines is 1. The van der Waals surface area contributed by atoms with Gasteiger partial charge >= 0.3 is 0 Å². The number of aryl methyl sites for hydroxylation is 3. The van der Waals surface area contributed by atoms with Gasteiger partial charge in [-0.05, 0) is 49.6 Å². The molecular weight excluding hydrogens is 254 g/mol. The van der Waals surface area contributed by atoms with E-state index in [0.717, 1.165) is 17.7 Å². The lowest BCUT2D eigenvalue weighted by Gasteiger charge is -2.08. The van der Waals surface area contributed by atoms with Gasteiger partial charge in [-0.1, -0.05) is 6.92 Å². The Hall–Kier alpha value is -2.43. The molecule has 5 heteroatoms. The van der Waals surface area contributed by atoms with Crippen molar-refractivity contribution in [2.75, 3.05) is 5.32 Å². The zero-order valence-corrected chi connectivity index (χ0v) is 11.8. The summed E-state index contributed by atoms with van der Waals surface area (Å²) in [4.78, 5) is 30.8. The summed E-state index contributed by atoms with van der Waals surface area (Å²) in [7, 11) is 0. The molecule has 0 spiro atoms. The van der Waals surface area contributed by atoms with Gasteiger partial charge in [0.1, 0.15) is 11.4 Å². The standard InChI is InChI=1S/C15H17N3O2/c1-4-11-5-6-16-12(8-11)18-15(20)13-9(2)7-10(3)17-14(13)19/h5-8H,4H2,1-3H3,(H,17,19)(H,16,18,20). The SMILES string of the molecule is CCc1ccnc(NC(=O)c2c(C)cc(C)[nH]c2=O)c1. The number of nitrogens with zero attached hydrogens (tertiary/aromatic N) is 1. The summed E-state index contributed by atoms with van der Waals surface area (Å²) in [5.41, 5.74) is 2.20. The van der Waals surface area contributed by atoms with Crippen LogP contribution in [0.4, 0.5) is 5.82 Å². The minimum absolute atomic E-state index is 0.124. The normalized spacial score (nSPS) is 10.3. The Morgan fingerprint density at radius 3 is 2.75 bits per heavy atom. The zero-order chi connectivity index (χ0) is 14.7. The number of aromatic nitrogens is 2. The van der Waals surface area contributed by atoms with Crippen LogP contribution in [-0.2, 0) is 6.42 Å². The number of pyridine rings is 2. The summed E-state index contributed by atoms with van der Waals surface area (Å²) in [5, 5.41) is 2.66. The quantitative estimate of drug-likeness (QED) is 0.898. The molecule has 0 aromatic carbocycles. The van der Waals surface area contributed by atoms with Crippen LogP contribution in [0, 0.1) is 13.8 Å². The second-order valence-electron chi connectivity index (χ2n) is 4.70. The fourth-order valence-electron chi connectivity index (χ4n) is 2.08. The molecule has 0 aliphatic heterocycles. The molecule has 2 aromatic rings. The van der Waals surface area contributed by atoms with Gasteiger partial charge < -0.3 is 10.3 Å². The Kier molecular flexibility index (Phi) is 3.98. The molecule has 0 aliphatic carbocycles. The van der Waals surface area contributed by atoms with Crippen molar-refractivity contribution in [3.05, 3.63) is 57.1 Å². The molecule has 0 unspecified atom stereocenters. The van der Waals surface area contributed by atoms with E-state index in [9.17, 15) is 9.59 Å². The van der Waals surface area contributed by atoms with Crippen molar-refractivity contribution in [1.29, 1.82) is 0 Å². The van der Waals surface area contributed by atoms with E-state index in [1.54, 1.807) is 32.2 Å². The van der Waals surface area contributed by atoms with Gasteiger partial charge in [-0.2, -0.15) is 0 Å². The van der Waals surface area contributed by atoms with Crippen LogP contribution >= 0.6 is 0 Å². The van der Waals surface area contributed by atoms with Crippen LogP contribution in [0.15, 0.2) is 29.2 Å². The molecule has 0 radical (unpaired) electrons. The molecule has 2 rings (SSSR count). The summed E-state index contributed by atoms with van der Waals surface area (Å²) in [6.45, 7) is 5.55. The van der Waals surface area contributed by atoms with Gasteiger partial charge in [-0.3, -0.25) is 9.59 Å². The van der Waals surface area contributed by atoms with Crippen molar-refractivity contribution in [2.24, 2.45) is 0 Å². The van der Waals surface area contributed by atoms with Crippen LogP contribution in [-0.4, -0.2) is 15.9 Å². The predicted molar refractivity (Wildman–Crippen MR) is 78.1 cm³/mol. The number of aromatic amines is 1. The first-order valence-corrected chi connectivity index (χ1v) is 6.48. The van der Waals surface area contributed by atoms with Gasteiger partial charge in [0.2, 0.25) is 0 Å². The van der Waals surface area contributed by atoms with Crippen molar-refractivity contribution in [3.8, 4) is 0 Å². The third-order valence-corrected chi connectivity index (χ3v) is 3.07.